The molecule has 4 nitrogen and oxygen atoms in total. The van der Waals surface area contributed by atoms with Crippen LogP contribution in [0.2, 0.25) is 0 Å². The standard InChI is InChI=1S/C18H25N3O/c1-2-12-20-13-14-21(16-8-5-11-19-18(16)20)17(22)10-9-15-6-3-4-7-15/h2,5,8,11,15H,1,3-4,6-7,9-10,12-14H2. The van der Waals surface area contributed by atoms with Gasteiger partial charge in [-0.15, -0.1) is 6.58 Å². The van der Waals surface area contributed by atoms with Gasteiger partial charge in [-0.3, -0.25) is 4.79 Å². The van der Waals surface area contributed by atoms with Crippen molar-refractivity contribution in [2.24, 2.45) is 5.92 Å². The summed E-state index contributed by atoms with van der Waals surface area (Å²) in [5, 5.41) is 0. The lowest BCUT2D eigenvalue weighted by atomic mass is 10.0. The van der Waals surface area contributed by atoms with E-state index in [2.05, 4.69) is 16.5 Å². The summed E-state index contributed by atoms with van der Waals surface area (Å²) in [4.78, 5) is 21.2. The normalized spacial score (nSPS) is 18.4. The molecule has 4 heteroatoms. The van der Waals surface area contributed by atoms with Gasteiger partial charge in [0, 0.05) is 32.3 Å². The van der Waals surface area contributed by atoms with E-state index in [1.54, 1.807) is 6.20 Å². The quantitative estimate of drug-likeness (QED) is 0.782. The molecule has 0 radical (unpaired) electrons. The number of rotatable bonds is 5. The number of fused-ring (bicyclic) bond motifs is 1. The van der Waals surface area contributed by atoms with Crippen LogP contribution in [0, 0.1) is 5.92 Å². The van der Waals surface area contributed by atoms with Crippen molar-refractivity contribution in [2.75, 3.05) is 29.4 Å². The SMILES string of the molecule is C=CCN1CCN(C(=O)CCC2CCCC2)c2cccnc21. The van der Waals surface area contributed by atoms with Crippen molar-refractivity contribution >= 4 is 17.4 Å². The first-order chi connectivity index (χ1) is 10.8. The monoisotopic (exact) mass is 299 g/mol. The van der Waals surface area contributed by atoms with Crippen LogP contribution in [-0.4, -0.2) is 30.5 Å². The van der Waals surface area contributed by atoms with E-state index in [0.29, 0.717) is 6.42 Å². The van der Waals surface area contributed by atoms with Gasteiger partial charge in [0.1, 0.15) is 0 Å². The molecule has 1 amide bonds. The second-order valence-electron chi connectivity index (χ2n) is 6.32. The minimum atomic E-state index is 0.249. The Labute approximate surface area is 132 Å². The number of amides is 1. The number of carbonyl (C=O) groups excluding carboxylic acids is 1. The molecule has 0 atom stereocenters. The summed E-state index contributed by atoms with van der Waals surface area (Å²) in [5.74, 6) is 1.92. The summed E-state index contributed by atoms with van der Waals surface area (Å²) >= 11 is 0. The van der Waals surface area contributed by atoms with Gasteiger partial charge >= 0.3 is 0 Å². The molecule has 0 aromatic carbocycles. The molecule has 22 heavy (non-hydrogen) atoms. The van der Waals surface area contributed by atoms with Crippen molar-refractivity contribution in [3.8, 4) is 0 Å². The lowest BCUT2D eigenvalue weighted by molar-refractivity contribution is -0.118. The van der Waals surface area contributed by atoms with Gasteiger partial charge < -0.3 is 9.80 Å². The molecular formula is C18H25N3O. The Balaban J connectivity index is 1.69. The van der Waals surface area contributed by atoms with E-state index in [9.17, 15) is 4.79 Å². The zero-order chi connectivity index (χ0) is 15.4. The Hall–Kier alpha value is -1.84. The van der Waals surface area contributed by atoms with E-state index in [1.807, 2.05) is 23.1 Å². The van der Waals surface area contributed by atoms with Crippen LogP contribution in [0.25, 0.3) is 0 Å². The van der Waals surface area contributed by atoms with Gasteiger partial charge in [-0.25, -0.2) is 4.98 Å². The third-order valence-electron chi connectivity index (χ3n) is 4.84. The largest absolute Gasteiger partial charge is 0.349 e. The summed E-state index contributed by atoms with van der Waals surface area (Å²) < 4.78 is 0. The highest BCUT2D eigenvalue weighted by Crippen LogP contribution is 2.32. The minimum Gasteiger partial charge on any atom is -0.349 e. The molecule has 1 aromatic heterocycles. The lowest BCUT2D eigenvalue weighted by Gasteiger charge is -2.36. The van der Waals surface area contributed by atoms with E-state index >= 15 is 0 Å². The zero-order valence-corrected chi connectivity index (χ0v) is 13.2. The molecule has 0 saturated heterocycles. The smallest absolute Gasteiger partial charge is 0.227 e. The predicted octanol–water partition coefficient (Wildman–Crippen LogP) is 3.39. The van der Waals surface area contributed by atoms with Crippen molar-refractivity contribution in [1.82, 2.24) is 4.98 Å². The maximum absolute atomic E-state index is 12.6. The second-order valence-corrected chi connectivity index (χ2v) is 6.32. The number of pyridine rings is 1. The molecule has 0 N–H and O–H groups in total. The summed E-state index contributed by atoms with van der Waals surface area (Å²) in [7, 11) is 0. The molecule has 1 aromatic rings. The highest BCUT2D eigenvalue weighted by Gasteiger charge is 2.27. The molecule has 0 bridgehead atoms. The molecule has 1 fully saturated rings. The fourth-order valence-electron chi connectivity index (χ4n) is 3.64. The first-order valence-electron chi connectivity index (χ1n) is 8.41. The second kappa shape index (κ2) is 6.95. The summed E-state index contributed by atoms with van der Waals surface area (Å²) in [6.07, 6.45) is 10.7. The van der Waals surface area contributed by atoms with Gasteiger partial charge in [-0.05, 0) is 24.5 Å². The fraction of sp³-hybridized carbons (Fsp3) is 0.556. The van der Waals surface area contributed by atoms with Crippen LogP contribution in [0.3, 0.4) is 0 Å². The van der Waals surface area contributed by atoms with Crippen molar-refractivity contribution in [2.45, 2.75) is 38.5 Å². The topological polar surface area (TPSA) is 36.4 Å². The number of hydrogen-bond donors (Lipinski definition) is 0. The first-order valence-corrected chi connectivity index (χ1v) is 8.41. The molecule has 2 aliphatic rings. The Morgan fingerprint density at radius 2 is 2.18 bits per heavy atom. The maximum atomic E-state index is 12.6. The summed E-state index contributed by atoms with van der Waals surface area (Å²) in [5.41, 5.74) is 0.951. The van der Waals surface area contributed by atoms with Crippen LogP contribution in [-0.2, 0) is 4.79 Å². The van der Waals surface area contributed by atoms with Crippen LogP contribution in [0.4, 0.5) is 11.5 Å². The van der Waals surface area contributed by atoms with Gasteiger partial charge in [-0.2, -0.15) is 0 Å². The average Bonchev–Trinajstić information content (AvgIpc) is 3.06. The van der Waals surface area contributed by atoms with Gasteiger partial charge in [0.25, 0.3) is 0 Å². The molecule has 3 rings (SSSR count). The van der Waals surface area contributed by atoms with Crippen molar-refractivity contribution in [3.05, 3.63) is 31.0 Å². The molecule has 1 saturated carbocycles. The first kappa shape index (κ1) is 15.1. The molecule has 118 valence electrons. The predicted molar refractivity (Wildman–Crippen MR) is 90.2 cm³/mol. The number of carbonyl (C=O) groups is 1. The Bertz CT molecular complexity index is 537. The van der Waals surface area contributed by atoms with Crippen molar-refractivity contribution < 1.29 is 4.79 Å². The third kappa shape index (κ3) is 3.16. The third-order valence-corrected chi connectivity index (χ3v) is 4.84. The molecule has 1 aliphatic heterocycles. The van der Waals surface area contributed by atoms with Gasteiger partial charge in [0.15, 0.2) is 5.82 Å². The molecule has 2 heterocycles. The van der Waals surface area contributed by atoms with Gasteiger partial charge in [0.05, 0.1) is 5.69 Å². The average molecular weight is 299 g/mol. The highest BCUT2D eigenvalue weighted by molar-refractivity contribution is 5.97. The van der Waals surface area contributed by atoms with Crippen LogP contribution >= 0.6 is 0 Å². The van der Waals surface area contributed by atoms with E-state index in [0.717, 1.165) is 43.5 Å². The molecule has 0 spiro atoms. The Morgan fingerprint density at radius 1 is 1.36 bits per heavy atom. The Kier molecular flexibility index (Phi) is 4.76. The Morgan fingerprint density at radius 3 is 2.95 bits per heavy atom. The van der Waals surface area contributed by atoms with E-state index < -0.39 is 0 Å². The summed E-state index contributed by atoms with van der Waals surface area (Å²) in [6, 6.07) is 3.92. The number of nitrogens with zero attached hydrogens (tertiary/aromatic N) is 3. The van der Waals surface area contributed by atoms with Crippen molar-refractivity contribution in [3.63, 3.8) is 0 Å². The van der Waals surface area contributed by atoms with Crippen molar-refractivity contribution in [1.29, 1.82) is 0 Å². The van der Waals surface area contributed by atoms with Gasteiger partial charge in [0.2, 0.25) is 5.91 Å². The van der Waals surface area contributed by atoms with E-state index in [-0.39, 0.29) is 5.91 Å². The summed E-state index contributed by atoms with van der Waals surface area (Å²) in [6.45, 7) is 6.15. The van der Waals surface area contributed by atoms with Crippen LogP contribution in [0.15, 0.2) is 31.0 Å². The number of hydrogen-bond acceptors (Lipinski definition) is 3. The molecule has 0 unspecified atom stereocenters. The van der Waals surface area contributed by atoms with E-state index in [1.165, 1.54) is 25.7 Å². The van der Waals surface area contributed by atoms with Crippen LogP contribution < -0.4 is 9.80 Å². The molecule has 1 aliphatic carbocycles. The van der Waals surface area contributed by atoms with Crippen LogP contribution in [0.5, 0.6) is 0 Å². The molecular weight excluding hydrogens is 274 g/mol. The number of aromatic nitrogens is 1. The fourth-order valence-corrected chi connectivity index (χ4v) is 3.64. The van der Waals surface area contributed by atoms with E-state index in [4.69, 9.17) is 0 Å². The van der Waals surface area contributed by atoms with Gasteiger partial charge in [-0.1, -0.05) is 31.8 Å². The lowest BCUT2D eigenvalue weighted by Crippen LogP contribution is -2.44. The van der Waals surface area contributed by atoms with Crippen LogP contribution in [0.1, 0.15) is 38.5 Å². The zero-order valence-electron chi connectivity index (χ0n) is 13.2. The minimum absolute atomic E-state index is 0.249. The number of anilines is 2. The maximum Gasteiger partial charge on any atom is 0.227 e. The highest BCUT2D eigenvalue weighted by atomic mass is 16.2.